The number of hydrogen-bond donors (Lipinski definition) is 0. The Kier molecular flexibility index (Phi) is 4.64. The molecule has 1 aromatic carbocycles. The second-order valence-corrected chi connectivity index (χ2v) is 5.13. The molecule has 1 heterocycles. The molecule has 0 unspecified atom stereocenters. The smallest absolute Gasteiger partial charge is 0.376 e. The summed E-state index contributed by atoms with van der Waals surface area (Å²) in [6, 6.07) is 5.01. The topological polar surface area (TPSA) is 78.6 Å². The predicted octanol–water partition coefficient (Wildman–Crippen LogP) is 3.33. The number of hydrogen-bond acceptors (Lipinski definition) is 6. The van der Waals surface area contributed by atoms with Gasteiger partial charge in [0.25, 0.3) is 0 Å². The third kappa shape index (κ3) is 3.08. The van der Waals surface area contributed by atoms with Gasteiger partial charge in [0, 0.05) is 4.47 Å². The van der Waals surface area contributed by atoms with Crippen LogP contribution in [0.5, 0.6) is 0 Å². The molecule has 0 aliphatic carbocycles. The first-order valence-electron chi connectivity index (χ1n) is 5.60. The van der Waals surface area contributed by atoms with E-state index in [1.807, 2.05) is 0 Å². The average Bonchev–Trinajstić information content (AvgIpc) is 2.93. The van der Waals surface area contributed by atoms with Gasteiger partial charge in [-0.25, -0.2) is 14.6 Å². The van der Waals surface area contributed by atoms with Crippen molar-refractivity contribution in [3.8, 4) is 11.5 Å². The van der Waals surface area contributed by atoms with E-state index in [0.29, 0.717) is 10.6 Å². The number of esters is 2. The molecule has 0 saturated heterocycles. The minimum atomic E-state index is -0.833. The Morgan fingerprint density at radius 1 is 1.24 bits per heavy atom. The van der Waals surface area contributed by atoms with Crippen molar-refractivity contribution in [2.45, 2.75) is 0 Å². The average molecular weight is 375 g/mol. The van der Waals surface area contributed by atoms with Gasteiger partial charge < -0.3 is 13.9 Å². The van der Waals surface area contributed by atoms with E-state index in [0.717, 1.165) is 11.6 Å². The Balaban J connectivity index is 2.61. The van der Waals surface area contributed by atoms with Gasteiger partial charge in [-0.05, 0) is 18.2 Å². The van der Waals surface area contributed by atoms with Gasteiger partial charge in [0.1, 0.15) is 0 Å². The van der Waals surface area contributed by atoms with Gasteiger partial charge in [-0.15, -0.1) is 0 Å². The van der Waals surface area contributed by atoms with Gasteiger partial charge in [0.05, 0.1) is 24.8 Å². The predicted molar refractivity (Wildman–Crippen MR) is 77.3 cm³/mol. The molecule has 0 bridgehead atoms. The molecule has 110 valence electrons. The number of rotatable bonds is 3. The number of nitrogens with zero attached hydrogens (tertiary/aromatic N) is 1. The number of methoxy groups -OCH3 is 2. The van der Waals surface area contributed by atoms with Gasteiger partial charge >= 0.3 is 11.9 Å². The van der Waals surface area contributed by atoms with Crippen molar-refractivity contribution < 1.29 is 23.5 Å². The summed E-state index contributed by atoms with van der Waals surface area (Å²) in [4.78, 5) is 27.3. The van der Waals surface area contributed by atoms with Crippen LogP contribution < -0.4 is 0 Å². The van der Waals surface area contributed by atoms with Gasteiger partial charge in [-0.2, -0.15) is 0 Å². The largest absolute Gasteiger partial charge is 0.464 e. The summed E-state index contributed by atoms with van der Waals surface area (Å²) in [5.74, 6) is -1.96. The van der Waals surface area contributed by atoms with Crippen LogP contribution in [0.1, 0.15) is 21.0 Å². The molecule has 2 aromatic rings. The van der Waals surface area contributed by atoms with Gasteiger partial charge in [0.2, 0.25) is 17.3 Å². The minimum Gasteiger partial charge on any atom is -0.464 e. The maximum atomic E-state index is 11.7. The van der Waals surface area contributed by atoms with Crippen molar-refractivity contribution in [3.05, 3.63) is 39.1 Å². The van der Waals surface area contributed by atoms with Crippen molar-refractivity contribution in [1.82, 2.24) is 4.98 Å². The lowest BCUT2D eigenvalue weighted by Crippen LogP contribution is -2.10. The Hall–Kier alpha value is -1.86. The van der Waals surface area contributed by atoms with E-state index in [1.54, 1.807) is 18.2 Å². The normalized spacial score (nSPS) is 10.3. The molecule has 0 saturated carbocycles. The molecular formula is C13H9BrClNO5. The van der Waals surface area contributed by atoms with Crippen molar-refractivity contribution in [2.75, 3.05) is 14.2 Å². The molecule has 8 heteroatoms. The number of aromatic nitrogens is 1. The summed E-state index contributed by atoms with van der Waals surface area (Å²) >= 11 is 9.36. The van der Waals surface area contributed by atoms with Gasteiger partial charge in [-0.1, -0.05) is 27.5 Å². The van der Waals surface area contributed by atoms with E-state index in [1.165, 1.54) is 7.11 Å². The zero-order valence-corrected chi connectivity index (χ0v) is 13.3. The molecule has 0 atom stereocenters. The molecule has 0 aliphatic heterocycles. The molecule has 0 fully saturated rings. The summed E-state index contributed by atoms with van der Waals surface area (Å²) in [7, 11) is 2.33. The zero-order valence-electron chi connectivity index (χ0n) is 11.0. The fourth-order valence-corrected chi connectivity index (χ4v) is 2.12. The first kappa shape index (κ1) is 15.5. The van der Waals surface area contributed by atoms with Gasteiger partial charge in [0.15, 0.2) is 0 Å². The molecule has 6 nitrogen and oxygen atoms in total. The Bertz CT molecular complexity index is 679. The highest BCUT2D eigenvalue weighted by Crippen LogP contribution is 2.31. The van der Waals surface area contributed by atoms with Crippen LogP contribution in [0.4, 0.5) is 0 Å². The second-order valence-electron chi connectivity index (χ2n) is 3.80. The quantitative estimate of drug-likeness (QED) is 0.767. The SMILES string of the molecule is COC(=O)c1nc(-c2cc(Br)ccc2Cl)oc1C(=O)OC. The Morgan fingerprint density at radius 2 is 1.90 bits per heavy atom. The lowest BCUT2D eigenvalue weighted by Gasteiger charge is -1.99. The van der Waals surface area contributed by atoms with Crippen LogP contribution in [0.15, 0.2) is 27.1 Å². The highest BCUT2D eigenvalue weighted by atomic mass is 79.9. The van der Waals surface area contributed by atoms with Crippen LogP contribution in [0, 0.1) is 0 Å². The molecule has 0 N–H and O–H groups in total. The molecule has 0 radical (unpaired) electrons. The third-order valence-corrected chi connectivity index (χ3v) is 3.36. The third-order valence-electron chi connectivity index (χ3n) is 2.54. The summed E-state index contributed by atoms with van der Waals surface area (Å²) in [6.07, 6.45) is 0. The van der Waals surface area contributed by atoms with Crippen LogP contribution in [-0.2, 0) is 9.47 Å². The van der Waals surface area contributed by atoms with Crippen LogP contribution in [0.25, 0.3) is 11.5 Å². The number of benzene rings is 1. The molecule has 0 amide bonds. The summed E-state index contributed by atoms with van der Waals surface area (Å²) in [5.41, 5.74) is 0.154. The van der Waals surface area contributed by atoms with Crippen LogP contribution >= 0.6 is 27.5 Å². The molecule has 1 aromatic heterocycles. The summed E-state index contributed by atoms with van der Waals surface area (Å²) < 4.78 is 15.2. The minimum absolute atomic E-state index is 0.0158. The van der Waals surface area contributed by atoms with Crippen molar-refractivity contribution in [2.24, 2.45) is 0 Å². The monoisotopic (exact) mass is 373 g/mol. The van der Waals surface area contributed by atoms with Crippen LogP contribution in [0.2, 0.25) is 5.02 Å². The Labute approximate surface area is 133 Å². The fraction of sp³-hybridized carbons (Fsp3) is 0.154. The number of ether oxygens (including phenoxy) is 2. The molecule has 0 aliphatic rings. The number of carbonyl (C=O) groups excluding carboxylic acids is 2. The molecule has 2 rings (SSSR count). The van der Waals surface area contributed by atoms with Crippen LogP contribution in [-0.4, -0.2) is 31.1 Å². The van der Waals surface area contributed by atoms with E-state index in [4.69, 9.17) is 16.0 Å². The van der Waals surface area contributed by atoms with Gasteiger partial charge in [-0.3, -0.25) is 0 Å². The van der Waals surface area contributed by atoms with E-state index >= 15 is 0 Å². The first-order chi connectivity index (χ1) is 9.97. The van der Waals surface area contributed by atoms with Crippen LogP contribution in [0.3, 0.4) is 0 Å². The van der Waals surface area contributed by atoms with Crippen molar-refractivity contribution in [1.29, 1.82) is 0 Å². The first-order valence-corrected chi connectivity index (χ1v) is 6.78. The summed E-state index contributed by atoms with van der Waals surface area (Å²) in [6.45, 7) is 0. The highest BCUT2D eigenvalue weighted by Gasteiger charge is 2.28. The maximum absolute atomic E-state index is 11.7. The maximum Gasteiger partial charge on any atom is 0.376 e. The lowest BCUT2D eigenvalue weighted by atomic mass is 10.2. The molecule has 0 spiro atoms. The molecular weight excluding hydrogens is 366 g/mol. The van der Waals surface area contributed by atoms with Crippen molar-refractivity contribution in [3.63, 3.8) is 0 Å². The van der Waals surface area contributed by atoms with E-state index in [-0.39, 0.29) is 17.3 Å². The second kappa shape index (κ2) is 6.28. The van der Waals surface area contributed by atoms with Crippen molar-refractivity contribution >= 4 is 39.5 Å². The Morgan fingerprint density at radius 3 is 2.52 bits per heavy atom. The number of oxazole rings is 1. The lowest BCUT2D eigenvalue weighted by molar-refractivity contribution is 0.0527. The number of halogens is 2. The highest BCUT2D eigenvalue weighted by molar-refractivity contribution is 9.10. The molecule has 21 heavy (non-hydrogen) atoms. The fourth-order valence-electron chi connectivity index (χ4n) is 1.56. The van der Waals surface area contributed by atoms with E-state index in [9.17, 15) is 9.59 Å². The zero-order chi connectivity index (χ0) is 15.6. The standard InChI is InChI=1S/C13H9BrClNO5/c1-19-12(17)9-10(13(18)20-2)21-11(16-9)7-5-6(14)3-4-8(7)15/h3-5H,1-2H3. The van der Waals surface area contributed by atoms with E-state index in [2.05, 4.69) is 30.4 Å². The van der Waals surface area contributed by atoms with E-state index < -0.39 is 11.9 Å². The number of carbonyl (C=O) groups is 2. The summed E-state index contributed by atoms with van der Waals surface area (Å²) in [5, 5.41) is 0.354.